The van der Waals surface area contributed by atoms with Crippen molar-refractivity contribution in [2.45, 2.75) is 26.3 Å². The summed E-state index contributed by atoms with van der Waals surface area (Å²) in [5, 5.41) is 14.4. The average Bonchev–Trinajstić information content (AvgIpc) is 2.57. The fourth-order valence-electron chi connectivity index (χ4n) is 2.76. The van der Waals surface area contributed by atoms with E-state index in [1.54, 1.807) is 18.2 Å². The van der Waals surface area contributed by atoms with Gasteiger partial charge in [-0.25, -0.2) is 0 Å². The molecule has 26 heavy (non-hydrogen) atoms. The smallest absolute Gasteiger partial charge is 0.307 e. The Labute approximate surface area is 151 Å². The molecule has 3 N–H and O–H groups in total. The maximum Gasteiger partial charge on any atom is 0.307 e. The number of amides is 2. The molecule has 1 saturated carbocycles. The Hall–Kier alpha value is -2.77. The van der Waals surface area contributed by atoms with Crippen LogP contribution in [0.1, 0.15) is 25.3 Å². The molecule has 142 valence electrons. The van der Waals surface area contributed by atoms with E-state index in [0.717, 1.165) is 5.56 Å². The lowest BCUT2D eigenvalue weighted by Gasteiger charge is -2.31. The van der Waals surface area contributed by atoms with E-state index in [0.29, 0.717) is 30.9 Å². The number of likely N-dealkylation sites (N-methyl/N-ethyl adjacent to an activating group) is 1. The van der Waals surface area contributed by atoms with Crippen LogP contribution in [-0.2, 0) is 20.9 Å². The van der Waals surface area contributed by atoms with E-state index in [1.165, 1.54) is 7.11 Å². The fraction of sp³-hybridized carbons (Fsp3) is 0.500. The van der Waals surface area contributed by atoms with Crippen molar-refractivity contribution in [2.75, 3.05) is 20.3 Å². The molecule has 1 aliphatic carbocycles. The third-order valence-electron chi connectivity index (χ3n) is 4.36. The summed E-state index contributed by atoms with van der Waals surface area (Å²) in [5.41, 5.74) is 0.784. The van der Waals surface area contributed by atoms with Crippen LogP contribution in [0.5, 0.6) is 11.5 Å². The third kappa shape index (κ3) is 4.87. The van der Waals surface area contributed by atoms with Gasteiger partial charge in [-0.05, 0) is 37.5 Å². The number of ether oxygens (including phenoxy) is 2. The van der Waals surface area contributed by atoms with Crippen molar-refractivity contribution >= 4 is 17.8 Å². The fourth-order valence-corrected chi connectivity index (χ4v) is 2.76. The van der Waals surface area contributed by atoms with Gasteiger partial charge >= 0.3 is 5.97 Å². The second-order valence-electron chi connectivity index (χ2n) is 6.07. The Morgan fingerprint density at radius 2 is 1.88 bits per heavy atom. The number of carboxylic acid groups (broad SMARTS) is 1. The minimum atomic E-state index is -0.924. The van der Waals surface area contributed by atoms with Gasteiger partial charge in [0.1, 0.15) is 0 Å². The molecule has 8 heteroatoms. The van der Waals surface area contributed by atoms with Crippen LogP contribution in [0.2, 0.25) is 0 Å². The van der Waals surface area contributed by atoms with Crippen LogP contribution in [0.4, 0.5) is 0 Å². The molecule has 1 aliphatic rings. The SMILES string of the molecule is CCNC(=O)COc1ccc(CNC(=O)C2CCC2C(=O)O)cc1OC. The molecule has 2 unspecified atom stereocenters. The van der Waals surface area contributed by atoms with Crippen molar-refractivity contribution in [3.63, 3.8) is 0 Å². The van der Waals surface area contributed by atoms with Crippen LogP contribution in [0.15, 0.2) is 18.2 Å². The van der Waals surface area contributed by atoms with Crippen LogP contribution in [0.3, 0.4) is 0 Å². The van der Waals surface area contributed by atoms with Crippen molar-refractivity contribution < 1.29 is 29.0 Å². The molecule has 2 atom stereocenters. The molecule has 8 nitrogen and oxygen atoms in total. The topological polar surface area (TPSA) is 114 Å². The van der Waals surface area contributed by atoms with Gasteiger partial charge in [-0.3, -0.25) is 14.4 Å². The number of methoxy groups -OCH3 is 1. The highest BCUT2D eigenvalue weighted by molar-refractivity contribution is 5.86. The lowest BCUT2D eigenvalue weighted by atomic mass is 9.73. The summed E-state index contributed by atoms with van der Waals surface area (Å²) in [7, 11) is 1.49. The average molecular weight is 364 g/mol. The zero-order valence-corrected chi connectivity index (χ0v) is 14.9. The molecule has 0 aromatic heterocycles. The summed E-state index contributed by atoms with van der Waals surface area (Å²) in [4.78, 5) is 34.6. The Balaban J connectivity index is 1.91. The standard InChI is InChI=1S/C18H24N2O6/c1-3-19-16(21)10-26-14-7-4-11(8-15(14)25-2)9-20-17(22)12-5-6-13(12)18(23)24/h4,7-8,12-13H,3,5-6,9-10H2,1-2H3,(H,19,21)(H,20,22)(H,23,24). The van der Waals surface area contributed by atoms with Crippen molar-refractivity contribution in [3.05, 3.63) is 23.8 Å². The number of hydrogen-bond donors (Lipinski definition) is 3. The molecule has 0 saturated heterocycles. The predicted octanol–water partition coefficient (Wildman–Crippen LogP) is 0.937. The molecule has 0 bridgehead atoms. The monoisotopic (exact) mass is 364 g/mol. The van der Waals surface area contributed by atoms with Gasteiger partial charge in [0.25, 0.3) is 5.91 Å². The zero-order valence-electron chi connectivity index (χ0n) is 14.9. The van der Waals surface area contributed by atoms with Gasteiger partial charge in [0.05, 0.1) is 18.9 Å². The van der Waals surface area contributed by atoms with Crippen molar-refractivity contribution in [2.24, 2.45) is 11.8 Å². The van der Waals surface area contributed by atoms with Crippen molar-refractivity contribution in [1.29, 1.82) is 0 Å². The van der Waals surface area contributed by atoms with Gasteiger partial charge in [0.15, 0.2) is 18.1 Å². The quantitative estimate of drug-likeness (QED) is 0.601. The minimum Gasteiger partial charge on any atom is -0.493 e. The number of carbonyl (C=O) groups is 3. The van der Waals surface area contributed by atoms with Gasteiger partial charge in [-0.1, -0.05) is 6.07 Å². The first-order chi connectivity index (χ1) is 12.5. The molecule has 0 radical (unpaired) electrons. The number of carboxylic acids is 1. The highest BCUT2D eigenvalue weighted by Crippen LogP contribution is 2.34. The molecule has 0 spiro atoms. The number of benzene rings is 1. The summed E-state index contributed by atoms with van der Waals surface area (Å²) in [6.45, 7) is 2.50. The molecule has 1 aromatic carbocycles. The highest BCUT2D eigenvalue weighted by Gasteiger charge is 2.41. The largest absolute Gasteiger partial charge is 0.493 e. The predicted molar refractivity (Wildman–Crippen MR) is 92.9 cm³/mol. The summed E-state index contributed by atoms with van der Waals surface area (Å²) in [5.74, 6) is -1.57. The Kier molecular flexibility index (Phi) is 6.82. The molecule has 0 heterocycles. The van der Waals surface area contributed by atoms with Gasteiger partial charge in [0, 0.05) is 13.1 Å². The molecule has 1 aromatic rings. The van der Waals surface area contributed by atoms with Gasteiger partial charge in [-0.2, -0.15) is 0 Å². The van der Waals surface area contributed by atoms with Gasteiger partial charge < -0.3 is 25.2 Å². The molecule has 1 fully saturated rings. The summed E-state index contributed by atoms with van der Waals surface area (Å²) < 4.78 is 10.7. The van der Waals surface area contributed by atoms with Crippen molar-refractivity contribution in [1.82, 2.24) is 10.6 Å². The maximum absolute atomic E-state index is 12.1. The number of carbonyl (C=O) groups excluding carboxylic acids is 2. The molecule has 2 amide bonds. The molecule has 0 aliphatic heterocycles. The van der Waals surface area contributed by atoms with Crippen LogP contribution < -0.4 is 20.1 Å². The Morgan fingerprint density at radius 1 is 1.15 bits per heavy atom. The summed E-state index contributed by atoms with van der Waals surface area (Å²) in [6, 6.07) is 5.14. The van der Waals surface area contributed by atoms with E-state index in [1.807, 2.05) is 6.92 Å². The minimum absolute atomic E-state index is 0.113. The van der Waals surface area contributed by atoms with E-state index in [2.05, 4.69) is 10.6 Å². The molecule has 2 rings (SSSR count). The number of rotatable bonds is 9. The van der Waals surface area contributed by atoms with Crippen LogP contribution in [-0.4, -0.2) is 43.2 Å². The van der Waals surface area contributed by atoms with Crippen LogP contribution >= 0.6 is 0 Å². The lowest BCUT2D eigenvalue weighted by Crippen LogP contribution is -2.43. The summed E-state index contributed by atoms with van der Waals surface area (Å²) >= 11 is 0. The second-order valence-corrected chi connectivity index (χ2v) is 6.07. The normalized spacial score (nSPS) is 18.4. The zero-order chi connectivity index (χ0) is 19.1. The lowest BCUT2D eigenvalue weighted by molar-refractivity contribution is -0.152. The first-order valence-electron chi connectivity index (χ1n) is 8.53. The molecular weight excluding hydrogens is 340 g/mol. The van der Waals surface area contributed by atoms with Gasteiger partial charge in [-0.15, -0.1) is 0 Å². The second kappa shape index (κ2) is 9.07. The van der Waals surface area contributed by atoms with E-state index in [4.69, 9.17) is 14.6 Å². The van der Waals surface area contributed by atoms with E-state index in [-0.39, 0.29) is 25.0 Å². The third-order valence-corrected chi connectivity index (χ3v) is 4.36. The van der Waals surface area contributed by atoms with E-state index >= 15 is 0 Å². The first-order valence-corrected chi connectivity index (χ1v) is 8.53. The summed E-state index contributed by atoms with van der Waals surface area (Å²) in [6.07, 6.45) is 1.14. The van der Waals surface area contributed by atoms with E-state index in [9.17, 15) is 14.4 Å². The van der Waals surface area contributed by atoms with Crippen LogP contribution in [0, 0.1) is 11.8 Å². The number of hydrogen-bond acceptors (Lipinski definition) is 5. The number of aliphatic carboxylic acids is 1. The maximum atomic E-state index is 12.1. The number of nitrogens with one attached hydrogen (secondary N) is 2. The van der Waals surface area contributed by atoms with Crippen molar-refractivity contribution in [3.8, 4) is 11.5 Å². The Morgan fingerprint density at radius 3 is 2.46 bits per heavy atom. The van der Waals surface area contributed by atoms with E-state index < -0.39 is 17.8 Å². The first kappa shape index (κ1) is 19.6. The molecular formula is C18H24N2O6. The van der Waals surface area contributed by atoms with Crippen LogP contribution in [0.25, 0.3) is 0 Å². The van der Waals surface area contributed by atoms with Gasteiger partial charge in [0.2, 0.25) is 5.91 Å². The Bertz CT molecular complexity index is 676. The highest BCUT2D eigenvalue weighted by atomic mass is 16.5.